The van der Waals surface area contributed by atoms with E-state index in [2.05, 4.69) is 10.6 Å². The van der Waals surface area contributed by atoms with Crippen molar-refractivity contribution in [2.45, 2.75) is 17.9 Å². The van der Waals surface area contributed by atoms with Crippen molar-refractivity contribution in [2.24, 2.45) is 5.14 Å². The smallest absolute Gasteiger partial charge is 0.328 e. The third kappa shape index (κ3) is 6.56. The van der Waals surface area contributed by atoms with E-state index in [0.29, 0.717) is 0 Å². The van der Waals surface area contributed by atoms with Crippen molar-refractivity contribution in [1.29, 1.82) is 0 Å². The van der Waals surface area contributed by atoms with Gasteiger partial charge in [-0.3, -0.25) is 9.59 Å². The Morgan fingerprint density at radius 3 is 2.48 bits per heavy atom. The Balaban J connectivity index is 1.87. The first kappa shape index (κ1) is 22.3. The van der Waals surface area contributed by atoms with Crippen LogP contribution in [0.15, 0.2) is 53.4 Å². The van der Waals surface area contributed by atoms with E-state index >= 15 is 0 Å². The van der Waals surface area contributed by atoms with Gasteiger partial charge in [-0.1, -0.05) is 29.8 Å². The highest BCUT2D eigenvalue weighted by atomic mass is 35.5. The van der Waals surface area contributed by atoms with E-state index in [9.17, 15) is 22.8 Å². The van der Waals surface area contributed by atoms with Gasteiger partial charge in [-0.25, -0.2) is 18.4 Å². The number of esters is 1. The zero-order chi connectivity index (χ0) is 21.6. The van der Waals surface area contributed by atoms with Crippen molar-refractivity contribution in [2.75, 3.05) is 11.9 Å². The highest BCUT2D eigenvalue weighted by molar-refractivity contribution is 7.89. The number of hydrogen-bond acceptors (Lipinski definition) is 6. The number of halogens is 1. The monoisotopic (exact) mass is 439 g/mol. The van der Waals surface area contributed by atoms with Crippen molar-refractivity contribution in [3.8, 4) is 0 Å². The molecule has 0 heterocycles. The fraction of sp³-hybridized carbons (Fsp3) is 0.167. The topological polar surface area (TPSA) is 145 Å². The van der Waals surface area contributed by atoms with Gasteiger partial charge in [0.2, 0.25) is 10.0 Å². The van der Waals surface area contributed by atoms with Crippen LogP contribution in [0, 0.1) is 0 Å². The van der Waals surface area contributed by atoms with Gasteiger partial charge in [-0.15, -0.1) is 0 Å². The van der Waals surface area contributed by atoms with Crippen molar-refractivity contribution in [3.63, 3.8) is 0 Å². The number of rotatable bonds is 7. The van der Waals surface area contributed by atoms with E-state index in [1.54, 1.807) is 12.1 Å². The van der Waals surface area contributed by atoms with Crippen LogP contribution in [0.3, 0.4) is 0 Å². The molecule has 0 aliphatic carbocycles. The quantitative estimate of drug-likeness (QED) is 0.554. The van der Waals surface area contributed by atoms with Crippen LogP contribution < -0.4 is 15.8 Å². The average Bonchev–Trinajstić information content (AvgIpc) is 2.65. The highest BCUT2D eigenvalue weighted by Gasteiger charge is 2.20. The summed E-state index contributed by atoms with van der Waals surface area (Å²) in [5.74, 6) is -2.10. The molecular formula is C18H18ClN3O6S. The van der Waals surface area contributed by atoms with Gasteiger partial charge in [0.1, 0.15) is 6.04 Å². The predicted octanol–water partition coefficient (Wildman–Crippen LogP) is 1.29. The summed E-state index contributed by atoms with van der Waals surface area (Å²) < 4.78 is 27.5. The molecule has 2 aromatic rings. The fourth-order valence-electron chi connectivity index (χ4n) is 2.19. The molecule has 4 N–H and O–H groups in total. The Bertz CT molecular complexity index is 1040. The Kier molecular flexibility index (Phi) is 7.32. The number of carbonyl (C=O) groups is 3. The zero-order valence-corrected chi connectivity index (χ0v) is 16.8. The Hall–Kier alpha value is -2.95. The van der Waals surface area contributed by atoms with Crippen molar-refractivity contribution in [3.05, 3.63) is 59.1 Å². The van der Waals surface area contributed by atoms with E-state index in [1.165, 1.54) is 43.3 Å². The van der Waals surface area contributed by atoms with Crippen LogP contribution in [0.25, 0.3) is 0 Å². The molecule has 0 saturated heterocycles. The molecule has 11 heteroatoms. The minimum atomic E-state index is -3.92. The molecule has 0 unspecified atom stereocenters. The number of anilines is 1. The van der Waals surface area contributed by atoms with E-state index in [-0.39, 0.29) is 21.2 Å². The largest absolute Gasteiger partial charge is 0.454 e. The summed E-state index contributed by atoms with van der Waals surface area (Å²) in [5, 5.41) is 10.1. The molecule has 2 aromatic carbocycles. The van der Waals surface area contributed by atoms with E-state index in [4.69, 9.17) is 21.5 Å². The van der Waals surface area contributed by atoms with Gasteiger partial charge in [-0.2, -0.15) is 0 Å². The van der Waals surface area contributed by atoms with Crippen LogP contribution in [-0.4, -0.2) is 38.9 Å². The van der Waals surface area contributed by atoms with Gasteiger partial charge in [0.25, 0.3) is 11.8 Å². The lowest BCUT2D eigenvalue weighted by Crippen LogP contribution is -2.40. The second-order valence-corrected chi connectivity index (χ2v) is 7.87. The number of nitrogens with two attached hydrogens (primary N) is 1. The summed E-state index contributed by atoms with van der Waals surface area (Å²) in [6, 6.07) is 10.6. The first-order valence-corrected chi connectivity index (χ1v) is 10.1. The minimum Gasteiger partial charge on any atom is -0.454 e. The lowest BCUT2D eigenvalue weighted by Gasteiger charge is -2.14. The molecule has 154 valence electrons. The lowest BCUT2D eigenvalue weighted by molar-refractivity contribution is -0.148. The molecule has 2 amide bonds. The third-order valence-electron chi connectivity index (χ3n) is 3.61. The molecule has 2 rings (SSSR count). The number of ether oxygens (including phenoxy) is 1. The molecule has 0 aromatic heterocycles. The van der Waals surface area contributed by atoms with Crippen molar-refractivity contribution < 1.29 is 27.5 Å². The number of hydrogen-bond donors (Lipinski definition) is 3. The van der Waals surface area contributed by atoms with Crippen LogP contribution in [0.2, 0.25) is 5.02 Å². The van der Waals surface area contributed by atoms with Crippen LogP contribution in [-0.2, 0) is 24.3 Å². The number of carbonyl (C=O) groups excluding carboxylic acids is 3. The lowest BCUT2D eigenvalue weighted by atomic mass is 10.2. The van der Waals surface area contributed by atoms with Gasteiger partial charge < -0.3 is 15.4 Å². The number of sulfonamides is 1. The predicted molar refractivity (Wildman–Crippen MR) is 106 cm³/mol. The molecule has 0 bridgehead atoms. The van der Waals surface area contributed by atoms with Crippen LogP contribution in [0.1, 0.15) is 17.3 Å². The second-order valence-electron chi connectivity index (χ2n) is 5.90. The van der Waals surface area contributed by atoms with E-state index in [0.717, 1.165) is 0 Å². The molecule has 0 spiro atoms. The van der Waals surface area contributed by atoms with Crippen molar-refractivity contribution in [1.82, 2.24) is 5.32 Å². The molecule has 0 aliphatic heterocycles. The third-order valence-corrected chi connectivity index (χ3v) is 4.85. The summed E-state index contributed by atoms with van der Waals surface area (Å²) >= 11 is 5.93. The first-order valence-electron chi connectivity index (χ1n) is 8.22. The average molecular weight is 440 g/mol. The molecule has 29 heavy (non-hydrogen) atoms. The maximum atomic E-state index is 12.1. The van der Waals surface area contributed by atoms with Crippen molar-refractivity contribution >= 4 is 45.1 Å². The molecule has 0 radical (unpaired) electrons. The number of primary sulfonamides is 1. The van der Waals surface area contributed by atoms with Crippen LogP contribution in [0.5, 0.6) is 0 Å². The molecular weight excluding hydrogens is 422 g/mol. The Morgan fingerprint density at radius 2 is 1.83 bits per heavy atom. The van der Waals surface area contributed by atoms with Crippen LogP contribution >= 0.6 is 11.6 Å². The van der Waals surface area contributed by atoms with Gasteiger partial charge in [0, 0.05) is 5.69 Å². The highest BCUT2D eigenvalue weighted by Crippen LogP contribution is 2.15. The SMILES string of the molecule is C[C@H](NC(=O)c1ccccc1Cl)C(=O)OCC(=O)Nc1cccc(S(N)(=O)=O)c1. The Morgan fingerprint density at radius 1 is 1.14 bits per heavy atom. The second kappa shape index (κ2) is 9.50. The maximum absolute atomic E-state index is 12.1. The summed E-state index contributed by atoms with van der Waals surface area (Å²) in [6.07, 6.45) is 0. The van der Waals surface area contributed by atoms with Gasteiger partial charge in [0.05, 0.1) is 15.5 Å². The van der Waals surface area contributed by atoms with Gasteiger partial charge in [0.15, 0.2) is 6.61 Å². The molecule has 9 nitrogen and oxygen atoms in total. The number of nitrogens with one attached hydrogen (secondary N) is 2. The summed E-state index contributed by atoms with van der Waals surface area (Å²) in [5.41, 5.74) is 0.360. The standard InChI is InChI=1S/C18H18ClN3O6S/c1-11(21-17(24)14-7-2-3-8-15(14)19)18(25)28-10-16(23)22-12-5-4-6-13(9-12)29(20,26)27/h2-9,11H,10H2,1H3,(H,21,24)(H,22,23)(H2,20,26,27)/t11-/m0/s1. The summed E-state index contributed by atoms with van der Waals surface area (Å²) in [4.78, 5) is 35.9. The molecule has 0 fully saturated rings. The fourth-order valence-corrected chi connectivity index (χ4v) is 2.97. The molecule has 0 aliphatic rings. The summed E-state index contributed by atoms with van der Waals surface area (Å²) in [6.45, 7) is 0.759. The maximum Gasteiger partial charge on any atom is 0.328 e. The number of amides is 2. The normalized spacial score (nSPS) is 12.0. The Labute approximate surface area is 172 Å². The van der Waals surface area contributed by atoms with E-state index < -0.39 is 40.5 Å². The zero-order valence-electron chi connectivity index (χ0n) is 15.2. The van der Waals surface area contributed by atoms with Gasteiger partial charge >= 0.3 is 5.97 Å². The van der Waals surface area contributed by atoms with Gasteiger partial charge in [-0.05, 0) is 37.3 Å². The summed E-state index contributed by atoms with van der Waals surface area (Å²) in [7, 11) is -3.92. The molecule has 0 saturated carbocycles. The van der Waals surface area contributed by atoms with E-state index in [1.807, 2.05) is 0 Å². The minimum absolute atomic E-state index is 0.164. The first-order chi connectivity index (χ1) is 13.6. The van der Waals surface area contributed by atoms with Crippen LogP contribution in [0.4, 0.5) is 5.69 Å². The molecule has 1 atom stereocenters. The number of benzene rings is 2.